The van der Waals surface area contributed by atoms with Crippen LogP contribution in [0.5, 0.6) is 0 Å². The maximum atomic E-state index is 14.8. The molecule has 1 spiro atoms. The van der Waals surface area contributed by atoms with Gasteiger partial charge in [-0.05, 0) is 30.9 Å². The Bertz CT molecular complexity index is 1070. The summed E-state index contributed by atoms with van der Waals surface area (Å²) in [7, 11) is 1.46. The maximum Gasteiger partial charge on any atom is 0.246 e. The molecule has 0 bridgehead atoms. The number of rotatable bonds is 10. The van der Waals surface area contributed by atoms with Crippen LogP contribution in [0.2, 0.25) is 0 Å². The van der Waals surface area contributed by atoms with Crippen molar-refractivity contribution in [3.05, 3.63) is 41.4 Å². The maximum absolute atomic E-state index is 14.8. The van der Waals surface area contributed by atoms with Crippen LogP contribution in [0.3, 0.4) is 0 Å². The van der Waals surface area contributed by atoms with Gasteiger partial charge in [-0.3, -0.25) is 14.4 Å². The van der Waals surface area contributed by atoms with E-state index in [2.05, 4.69) is 40.4 Å². The minimum absolute atomic E-state index is 0.0199. The third-order valence-corrected chi connectivity index (χ3v) is 6.67. The molecule has 2 heterocycles. The number of alkyl halides is 1. The Hall–Kier alpha value is -3.14. The van der Waals surface area contributed by atoms with Gasteiger partial charge >= 0.3 is 0 Å². The van der Waals surface area contributed by atoms with Gasteiger partial charge in [-0.2, -0.15) is 10.8 Å². The Balaban J connectivity index is 1.79. The molecule has 36 heavy (non-hydrogen) atoms. The van der Waals surface area contributed by atoms with Gasteiger partial charge in [0.15, 0.2) is 0 Å². The molecule has 3 amide bonds. The molecule has 3 atom stereocenters. The molecule has 0 aromatic heterocycles. The zero-order valence-electron chi connectivity index (χ0n) is 20.5. The molecule has 0 radical (unpaired) electrons. The molecule has 1 fully saturated rings. The SMILES string of the molecule is CN(C(=O)CCNNN/C=C\S)[C@@H](CC(C)(C)F)C(=O)N1C[C@]2(C[C@H]1C#N)C(=O)Nc1ccccc12. The number of nitriles is 1. The number of amides is 3. The fraction of sp³-hybridized carbons (Fsp3) is 0.500. The normalized spacial score (nSPS) is 21.8. The number of para-hydroxylation sites is 1. The van der Waals surface area contributed by atoms with E-state index in [9.17, 15) is 24.0 Å². The summed E-state index contributed by atoms with van der Waals surface area (Å²) >= 11 is 3.90. The summed E-state index contributed by atoms with van der Waals surface area (Å²) in [6.07, 6.45) is 1.44. The van der Waals surface area contributed by atoms with Crippen molar-refractivity contribution in [3.63, 3.8) is 0 Å². The molecule has 194 valence electrons. The van der Waals surface area contributed by atoms with Gasteiger partial charge in [0.25, 0.3) is 0 Å². The first-order valence-electron chi connectivity index (χ1n) is 11.6. The molecule has 2 aliphatic heterocycles. The van der Waals surface area contributed by atoms with Crippen molar-refractivity contribution in [2.24, 2.45) is 0 Å². The number of hydrogen-bond acceptors (Lipinski definition) is 8. The van der Waals surface area contributed by atoms with Gasteiger partial charge in [0.1, 0.15) is 17.8 Å². The lowest BCUT2D eigenvalue weighted by atomic mass is 9.80. The van der Waals surface area contributed by atoms with Gasteiger partial charge in [-0.25, -0.2) is 9.82 Å². The highest BCUT2D eigenvalue weighted by atomic mass is 32.1. The van der Waals surface area contributed by atoms with Crippen LogP contribution in [0.4, 0.5) is 10.1 Å². The Kier molecular flexibility index (Phi) is 8.60. The molecule has 1 saturated heterocycles. The second-order valence-corrected chi connectivity index (χ2v) is 9.90. The van der Waals surface area contributed by atoms with E-state index in [0.29, 0.717) is 5.69 Å². The number of halogens is 1. The summed E-state index contributed by atoms with van der Waals surface area (Å²) in [5, 5.41) is 14.2. The molecule has 10 nitrogen and oxygen atoms in total. The minimum atomic E-state index is -1.76. The highest BCUT2D eigenvalue weighted by Gasteiger charge is 2.56. The molecule has 0 aliphatic carbocycles. The number of fused-ring (bicyclic) bond motifs is 2. The molecular formula is C24H32FN7O3S. The van der Waals surface area contributed by atoms with E-state index in [1.807, 2.05) is 6.07 Å². The molecule has 3 rings (SSSR count). The van der Waals surface area contributed by atoms with E-state index in [-0.39, 0.29) is 44.2 Å². The average Bonchev–Trinajstić information content (AvgIpc) is 3.36. The number of thiol groups is 1. The van der Waals surface area contributed by atoms with Gasteiger partial charge in [-0.15, -0.1) is 12.6 Å². The third kappa shape index (κ3) is 5.80. The number of likely N-dealkylation sites (tertiary alicyclic amines) is 1. The monoisotopic (exact) mass is 517 g/mol. The standard InChI is InChI=1S/C24H32FN7O3S/c1-23(2,25)13-19(31(3)20(33)8-9-27-30-28-10-11-36)21(34)32-15-24(12-16(32)14-26)17-6-4-5-7-18(17)29-22(24)35/h4-7,10-11,16,19,27-28,30,36H,8-9,12-13,15H2,1-3H3,(H,29,35)/b11-10-/t16-,19-,24-/m0/s1. The predicted octanol–water partition coefficient (Wildman–Crippen LogP) is 1.36. The number of nitrogens with zero attached hydrogens (tertiary/aromatic N) is 3. The van der Waals surface area contributed by atoms with E-state index >= 15 is 0 Å². The molecule has 2 aliphatic rings. The summed E-state index contributed by atoms with van der Waals surface area (Å²) in [5.41, 5.74) is 6.69. The molecule has 1 aromatic carbocycles. The van der Waals surface area contributed by atoms with E-state index in [1.165, 1.54) is 42.3 Å². The zero-order chi connectivity index (χ0) is 26.5. The highest BCUT2D eigenvalue weighted by Crippen LogP contribution is 2.46. The Morgan fingerprint density at radius 1 is 1.44 bits per heavy atom. The van der Waals surface area contributed by atoms with Gasteiger partial charge in [-0.1, -0.05) is 18.2 Å². The lowest BCUT2D eigenvalue weighted by Crippen LogP contribution is -2.53. The highest BCUT2D eigenvalue weighted by molar-refractivity contribution is 7.83. The second-order valence-electron chi connectivity index (χ2n) is 9.60. The molecular weight excluding hydrogens is 485 g/mol. The van der Waals surface area contributed by atoms with Crippen LogP contribution in [0.25, 0.3) is 0 Å². The number of anilines is 1. The summed E-state index contributed by atoms with van der Waals surface area (Å²) in [5.74, 6) is -1.20. The van der Waals surface area contributed by atoms with E-state index in [0.717, 1.165) is 5.56 Å². The number of hydrazine groups is 2. The minimum Gasteiger partial charge on any atom is -0.334 e. The predicted molar refractivity (Wildman–Crippen MR) is 136 cm³/mol. The van der Waals surface area contributed by atoms with Crippen LogP contribution in [-0.4, -0.2) is 65.4 Å². The lowest BCUT2D eigenvalue weighted by molar-refractivity contribution is -0.146. The molecule has 0 saturated carbocycles. The average molecular weight is 518 g/mol. The van der Waals surface area contributed by atoms with E-state index in [4.69, 9.17) is 0 Å². The second kappa shape index (κ2) is 11.3. The van der Waals surface area contributed by atoms with Crippen LogP contribution in [0.15, 0.2) is 35.9 Å². The van der Waals surface area contributed by atoms with Crippen molar-refractivity contribution in [2.45, 2.75) is 56.3 Å². The summed E-state index contributed by atoms with van der Waals surface area (Å²) < 4.78 is 14.8. The van der Waals surface area contributed by atoms with Crippen molar-refractivity contribution in [1.29, 1.82) is 5.26 Å². The first-order valence-corrected chi connectivity index (χ1v) is 12.1. The Morgan fingerprint density at radius 3 is 2.83 bits per heavy atom. The number of hydrogen-bond donors (Lipinski definition) is 5. The Morgan fingerprint density at radius 2 is 2.17 bits per heavy atom. The first kappa shape index (κ1) is 27.4. The quantitative estimate of drug-likeness (QED) is 0.180. The van der Waals surface area contributed by atoms with E-state index < -0.39 is 29.1 Å². The Labute approximate surface area is 215 Å². The smallest absolute Gasteiger partial charge is 0.246 e. The topological polar surface area (TPSA) is 130 Å². The summed E-state index contributed by atoms with van der Waals surface area (Å²) in [6, 6.07) is 7.31. The fourth-order valence-electron chi connectivity index (χ4n) is 4.74. The van der Waals surface area contributed by atoms with Crippen molar-refractivity contribution in [3.8, 4) is 6.07 Å². The van der Waals surface area contributed by atoms with Crippen molar-refractivity contribution >= 4 is 36.0 Å². The molecule has 1 aromatic rings. The van der Waals surface area contributed by atoms with Crippen molar-refractivity contribution < 1.29 is 18.8 Å². The largest absolute Gasteiger partial charge is 0.334 e. The van der Waals surface area contributed by atoms with Crippen molar-refractivity contribution in [2.75, 3.05) is 25.5 Å². The number of likely N-dealkylation sites (N-methyl/N-ethyl adjacent to an activating group) is 1. The number of benzene rings is 1. The van der Waals surface area contributed by atoms with Crippen LogP contribution >= 0.6 is 12.6 Å². The molecule has 0 unspecified atom stereocenters. The van der Waals surface area contributed by atoms with Crippen LogP contribution in [0.1, 0.15) is 38.7 Å². The van der Waals surface area contributed by atoms with Gasteiger partial charge in [0, 0.05) is 51.3 Å². The summed E-state index contributed by atoms with van der Waals surface area (Å²) in [4.78, 5) is 42.2. The third-order valence-electron chi connectivity index (χ3n) is 6.52. The lowest BCUT2D eigenvalue weighted by Gasteiger charge is -2.34. The van der Waals surface area contributed by atoms with E-state index in [1.54, 1.807) is 18.2 Å². The molecule has 12 heteroatoms. The first-order chi connectivity index (χ1) is 17.0. The van der Waals surface area contributed by atoms with Gasteiger partial charge < -0.3 is 20.5 Å². The molecule has 4 N–H and O–H groups in total. The number of carbonyl (C=O) groups is 3. The van der Waals surface area contributed by atoms with Gasteiger partial charge in [0.05, 0.1) is 11.5 Å². The summed E-state index contributed by atoms with van der Waals surface area (Å²) in [6.45, 7) is 2.90. The van der Waals surface area contributed by atoms with Crippen molar-refractivity contribution in [1.82, 2.24) is 26.2 Å². The fourth-order valence-corrected chi connectivity index (χ4v) is 4.81. The van der Waals surface area contributed by atoms with Crippen LogP contribution in [-0.2, 0) is 19.8 Å². The number of carbonyl (C=O) groups excluding carboxylic acids is 3. The number of nitrogens with one attached hydrogen (secondary N) is 4. The zero-order valence-corrected chi connectivity index (χ0v) is 21.4. The van der Waals surface area contributed by atoms with Crippen LogP contribution < -0.4 is 21.7 Å². The van der Waals surface area contributed by atoms with Gasteiger partial charge in [0.2, 0.25) is 17.7 Å². The van der Waals surface area contributed by atoms with Crippen LogP contribution in [0, 0.1) is 11.3 Å².